The van der Waals surface area contributed by atoms with Gasteiger partial charge in [-0.15, -0.1) is 19.0 Å². The summed E-state index contributed by atoms with van der Waals surface area (Å²) in [6, 6.07) is 8.31. The molecule has 0 fully saturated rings. The molecule has 1 aromatic carbocycles. The van der Waals surface area contributed by atoms with Gasteiger partial charge in [0.15, 0.2) is 0 Å². The van der Waals surface area contributed by atoms with Crippen LogP contribution in [0.25, 0.3) is 0 Å². The fraction of sp³-hybridized carbons (Fsp3) is 0.385. The second kappa shape index (κ2) is 7.31. The van der Waals surface area contributed by atoms with Crippen LogP contribution in [-0.4, -0.2) is 13.1 Å². The lowest BCUT2D eigenvalue weighted by atomic mass is 10.1. The molecule has 0 aliphatic rings. The van der Waals surface area contributed by atoms with Crippen molar-refractivity contribution in [3.05, 3.63) is 42.5 Å². The third kappa shape index (κ3) is 3.54. The van der Waals surface area contributed by atoms with Crippen molar-refractivity contribution in [1.29, 1.82) is 0 Å². The summed E-state index contributed by atoms with van der Waals surface area (Å²) in [5, 5.41) is 0. The highest BCUT2D eigenvalue weighted by Gasteiger charge is 2.03. The van der Waals surface area contributed by atoms with E-state index >= 15 is 0 Å². The maximum Gasteiger partial charge on any atom is 0.0478 e. The van der Waals surface area contributed by atoms with Crippen molar-refractivity contribution < 1.29 is 0 Å². The maximum absolute atomic E-state index is 5.85. The van der Waals surface area contributed by atoms with Crippen LogP contribution in [0.1, 0.15) is 25.5 Å². The van der Waals surface area contributed by atoms with Crippen LogP contribution in [0, 0.1) is 0 Å². The van der Waals surface area contributed by atoms with Crippen molar-refractivity contribution in [3.8, 4) is 0 Å². The minimum Gasteiger partial charge on any atom is -0.372 e. The van der Waals surface area contributed by atoms with Gasteiger partial charge in [-0.05, 0) is 31.5 Å². The molecule has 0 radical (unpaired) electrons. The Balaban J connectivity index is 0.00000225. The molecule has 0 aliphatic carbocycles. The summed E-state index contributed by atoms with van der Waals surface area (Å²) in [6.45, 7) is 10.1. The topological polar surface area (TPSA) is 29.3 Å². The zero-order chi connectivity index (χ0) is 11.3. The number of halogens is 1. The van der Waals surface area contributed by atoms with Gasteiger partial charge in [0.2, 0.25) is 0 Å². The van der Waals surface area contributed by atoms with Crippen LogP contribution in [0.2, 0.25) is 0 Å². The van der Waals surface area contributed by atoms with Crippen LogP contribution in [-0.2, 0) is 0 Å². The van der Waals surface area contributed by atoms with Gasteiger partial charge in [-0.25, -0.2) is 0 Å². The zero-order valence-electron chi connectivity index (χ0n) is 10.0. The molecule has 0 amide bonds. The second-order valence-electron chi connectivity index (χ2n) is 3.53. The standard InChI is InChI=1S/C13H20N2.ClH/c1-4-13(14)11-7-9-12(10-8-11)15(5-2)6-3;/h4,7-10,13H,1,5-6,14H2,2-3H3;1H/t13-;/m1./s1. The Hall–Kier alpha value is -0.990. The number of benzene rings is 1. The van der Waals surface area contributed by atoms with Crippen LogP contribution in [0.15, 0.2) is 36.9 Å². The molecule has 0 spiro atoms. The predicted molar refractivity (Wildman–Crippen MR) is 74.4 cm³/mol. The molecule has 0 unspecified atom stereocenters. The monoisotopic (exact) mass is 240 g/mol. The summed E-state index contributed by atoms with van der Waals surface area (Å²) < 4.78 is 0. The van der Waals surface area contributed by atoms with E-state index in [0.29, 0.717) is 0 Å². The third-order valence-electron chi connectivity index (χ3n) is 2.66. The van der Waals surface area contributed by atoms with E-state index in [1.54, 1.807) is 6.08 Å². The third-order valence-corrected chi connectivity index (χ3v) is 2.66. The number of nitrogens with zero attached hydrogens (tertiary/aromatic N) is 1. The Morgan fingerprint density at radius 2 is 1.75 bits per heavy atom. The van der Waals surface area contributed by atoms with Gasteiger partial charge < -0.3 is 10.6 Å². The lowest BCUT2D eigenvalue weighted by Gasteiger charge is -2.21. The van der Waals surface area contributed by atoms with E-state index in [1.165, 1.54) is 5.69 Å². The van der Waals surface area contributed by atoms with E-state index in [4.69, 9.17) is 5.73 Å². The van der Waals surface area contributed by atoms with Crippen LogP contribution in [0.4, 0.5) is 5.69 Å². The first-order valence-electron chi connectivity index (χ1n) is 5.46. The SMILES string of the molecule is C=C[C@@H](N)c1ccc(N(CC)CC)cc1.Cl. The first kappa shape index (κ1) is 15.0. The van der Waals surface area contributed by atoms with E-state index in [1.807, 2.05) is 0 Å². The fourth-order valence-corrected chi connectivity index (χ4v) is 1.63. The molecule has 16 heavy (non-hydrogen) atoms. The first-order valence-corrected chi connectivity index (χ1v) is 5.46. The molecule has 2 nitrogen and oxygen atoms in total. The molecule has 0 saturated heterocycles. The maximum atomic E-state index is 5.85. The van der Waals surface area contributed by atoms with Crippen LogP contribution in [0.3, 0.4) is 0 Å². The van der Waals surface area contributed by atoms with Crippen LogP contribution >= 0.6 is 12.4 Å². The van der Waals surface area contributed by atoms with E-state index in [-0.39, 0.29) is 18.4 Å². The van der Waals surface area contributed by atoms with Gasteiger partial charge >= 0.3 is 0 Å². The van der Waals surface area contributed by atoms with Crippen LogP contribution < -0.4 is 10.6 Å². The molecule has 0 aliphatic heterocycles. The zero-order valence-corrected chi connectivity index (χ0v) is 10.8. The molecule has 1 atom stereocenters. The Kier molecular flexibility index (Phi) is 6.86. The summed E-state index contributed by atoms with van der Waals surface area (Å²) in [5.41, 5.74) is 8.22. The molecule has 1 aromatic rings. The highest BCUT2D eigenvalue weighted by molar-refractivity contribution is 5.85. The van der Waals surface area contributed by atoms with Gasteiger partial charge in [-0.1, -0.05) is 18.2 Å². The van der Waals surface area contributed by atoms with Crippen molar-refractivity contribution in [1.82, 2.24) is 0 Å². The molecule has 0 bridgehead atoms. The predicted octanol–water partition coefficient (Wildman–Crippen LogP) is 3.14. The van der Waals surface area contributed by atoms with Crippen molar-refractivity contribution in [2.45, 2.75) is 19.9 Å². The molecule has 0 aromatic heterocycles. The Morgan fingerprint density at radius 3 is 2.12 bits per heavy atom. The van der Waals surface area contributed by atoms with Gasteiger partial charge in [-0.3, -0.25) is 0 Å². The van der Waals surface area contributed by atoms with Gasteiger partial charge in [-0.2, -0.15) is 0 Å². The summed E-state index contributed by atoms with van der Waals surface area (Å²) in [4.78, 5) is 2.31. The number of hydrogen-bond donors (Lipinski definition) is 1. The highest BCUT2D eigenvalue weighted by Crippen LogP contribution is 2.18. The van der Waals surface area contributed by atoms with Gasteiger partial charge in [0.25, 0.3) is 0 Å². The molecular formula is C13H21ClN2. The lowest BCUT2D eigenvalue weighted by Crippen LogP contribution is -2.21. The normalized spacial score (nSPS) is 11.4. The lowest BCUT2D eigenvalue weighted by molar-refractivity contribution is 0.862. The smallest absolute Gasteiger partial charge is 0.0478 e. The minimum atomic E-state index is -0.0595. The second-order valence-corrected chi connectivity index (χ2v) is 3.53. The summed E-state index contributed by atoms with van der Waals surface area (Å²) in [7, 11) is 0. The quantitative estimate of drug-likeness (QED) is 0.802. The molecule has 0 saturated carbocycles. The molecule has 2 N–H and O–H groups in total. The summed E-state index contributed by atoms with van der Waals surface area (Å²) >= 11 is 0. The molecule has 90 valence electrons. The minimum absolute atomic E-state index is 0. The number of hydrogen-bond acceptors (Lipinski definition) is 2. The molecule has 0 heterocycles. The van der Waals surface area contributed by atoms with E-state index in [9.17, 15) is 0 Å². The largest absolute Gasteiger partial charge is 0.372 e. The fourth-order valence-electron chi connectivity index (χ4n) is 1.63. The Morgan fingerprint density at radius 1 is 1.25 bits per heavy atom. The van der Waals surface area contributed by atoms with Crippen molar-refractivity contribution >= 4 is 18.1 Å². The van der Waals surface area contributed by atoms with Crippen molar-refractivity contribution in [3.63, 3.8) is 0 Å². The Labute approximate surface area is 105 Å². The Bertz CT molecular complexity index is 304. The average molecular weight is 241 g/mol. The number of nitrogens with two attached hydrogens (primary N) is 1. The van der Waals surface area contributed by atoms with Crippen molar-refractivity contribution in [2.75, 3.05) is 18.0 Å². The summed E-state index contributed by atoms with van der Waals surface area (Å²) in [6.07, 6.45) is 1.76. The average Bonchev–Trinajstić information content (AvgIpc) is 2.30. The van der Waals surface area contributed by atoms with E-state index < -0.39 is 0 Å². The molecule has 3 heteroatoms. The molecule has 1 rings (SSSR count). The number of rotatable bonds is 5. The van der Waals surface area contributed by atoms with Gasteiger partial charge in [0.1, 0.15) is 0 Å². The van der Waals surface area contributed by atoms with Gasteiger partial charge in [0, 0.05) is 24.8 Å². The highest BCUT2D eigenvalue weighted by atomic mass is 35.5. The van der Waals surface area contributed by atoms with Gasteiger partial charge in [0.05, 0.1) is 0 Å². The van der Waals surface area contributed by atoms with Crippen molar-refractivity contribution in [2.24, 2.45) is 5.73 Å². The van der Waals surface area contributed by atoms with E-state index in [2.05, 4.69) is 49.6 Å². The number of anilines is 1. The van der Waals surface area contributed by atoms with E-state index in [0.717, 1.165) is 18.7 Å². The summed E-state index contributed by atoms with van der Waals surface area (Å²) in [5.74, 6) is 0. The van der Waals surface area contributed by atoms with Crippen LogP contribution in [0.5, 0.6) is 0 Å². The molecular weight excluding hydrogens is 220 g/mol. The first-order chi connectivity index (χ1) is 7.22.